The van der Waals surface area contributed by atoms with Gasteiger partial charge in [-0.15, -0.1) is 0 Å². The van der Waals surface area contributed by atoms with E-state index in [9.17, 15) is 0 Å². The predicted octanol–water partition coefficient (Wildman–Crippen LogP) is 2.31. The Labute approximate surface area is 78.5 Å². The third-order valence-corrected chi connectivity index (χ3v) is 2.11. The van der Waals surface area contributed by atoms with Crippen molar-refractivity contribution in [1.82, 2.24) is 0 Å². The lowest BCUT2D eigenvalue weighted by molar-refractivity contribution is -0.139. The second-order valence-corrected chi connectivity index (χ2v) is 3.65. The van der Waals surface area contributed by atoms with Gasteiger partial charge in [0.25, 0.3) is 0 Å². The molecular formula is C11H13O2. The monoisotopic (exact) mass is 177 g/mol. The molecule has 0 aliphatic carbocycles. The maximum absolute atomic E-state index is 5.69. The summed E-state index contributed by atoms with van der Waals surface area (Å²) in [5, 5.41) is 0. The Balaban J connectivity index is 2.13. The van der Waals surface area contributed by atoms with Crippen molar-refractivity contribution in [1.29, 1.82) is 0 Å². The maximum atomic E-state index is 5.69. The normalized spacial score (nSPS) is 26.2. The maximum Gasteiger partial charge on any atom is 0.163 e. The Hall–Kier alpha value is -0.860. The number of hydrogen-bond donors (Lipinski definition) is 0. The minimum atomic E-state index is -0.444. The van der Waals surface area contributed by atoms with E-state index in [0.29, 0.717) is 6.61 Å². The van der Waals surface area contributed by atoms with E-state index in [1.807, 2.05) is 38.1 Å². The largest absolute Gasteiger partial charge is 0.347 e. The van der Waals surface area contributed by atoms with Crippen LogP contribution in [0.2, 0.25) is 0 Å². The number of ether oxygens (including phenoxy) is 2. The molecule has 0 saturated carbocycles. The van der Waals surface area contributed by atoms with Gasteiger partial charge < -0.3 is 9.47 Å². The van der Waals surface area contributed by atoms with Crippen LogP contribution in [0.1, 0.15) is 25.5 Å². The molecule has 1 aromatic carbocycles. The van der Waals surface area contributed by atoms with E-state index in [1.165, 1.54) is 0 Å². The molecule has 1 heterocycles. The lowest BCUT2D eigenvalue weighted by Gasteiger charge is -2.16. The molecule has 0 amide bonds. The molecule has 0 spiro atoms. The molecule has 2 rings (SSSR count). The first-order valence-corrected chi connectivity index (χ1v) is 4.45. The van der Waals surface area contributed by atoms with E-state index in [4.69, 9.17) is 9.47 Å². The van der Waals surface area contributed by atoms with Gasteiger partial charge in [-0.2, -0.15) is 0 Å². The minimum Gasteiger partial charge on any atom is -0.347 e. The third kappa shape index (κ3) is 1.90. The van der Waals surface area contributed by atoms with Crippen LogP contribution in [-0.2, 0) is 9.47 Å². The lowest BCUT2D eigenvalue weighted by atomic mass is 10.1. The van der Waals surface area contributed by atoms with E-state index < -0.39 is 5.79 Å². The number of benzene rings is 1. The van der Waals surface area contributed by atoms with Crippen molar-refractivity contribution in [2.75, 3.05) is 6.61 Å². The van der Waals surface area contributed by atoms with Crippen LogP contribution in [0, 0.1) is 6.07 Å². The van der Waals surface area contributed by atoms with Crippen LogP contribution in [0.15, 0.2) is 24.3 Å². The quantitative estimate of drug-likeness (QED) is 0.655. The topological polar surface area (TPSA) is 18.5 Å². The fourth-order valence-corrected chi connectivity index (χ4v) is 1.46. The van der Waals surface area contributed by atoms with Crippen molar-refractivity contribution in [3.8, 4) is 0 Å². The van der Waals surface area contributed by atoms with Gasteiger partial charge in [0.1, 0.15) is 6.10 Å². The highest BCUT2D eigenvalue weighted by atomic mass is 16.7. The number of hydrogen-bond acceptors (Lipinski definition) is 2. The second kappa shape index (κ2) is 3.13. The van der Waals surface area contributed by atoms with Crippen LogP contribution in [0.5, 0.6) is 0 Å². The molecule has 1 aromatic rings. The van der Waals surface area contributed by atoms with Crippen LogP contribution >= 0.6 is 0 Å². The summed E-state index contributed by atoms with van der Waals surface area (Å²) < 4.78 is 11.2. The average Bonchev–Trinajstić information content (AvgIpc) is 2.48. The molecule has 1 unspecified atom stereocenters. The molecular weight excluding hydrogens is 164 g/mol. The van der Waals surface area contributed by atoms with Gasteiger partial charge in [-0.25, -0.2) is 0 Å². The third-order valence-electron chi connectivity index (χ3n) is 2.11. The van der Waals surface area contributed by atoms with Gasteiger partial charge in [0.05, 0.1) is 6.61 Å². The second-order valence-electron chi connectivity index (χ2n) is 3.65. The van der Waals surface area contributed by atoms with E-state index in [0.717, 1.165) is 5.56 Å². The van der Waals surface area contributed by atoms with Gasteiger partial charge in [0.15, 0.2) is 5.79 Å². The Bertz CT molecular complexity index is 279. The van der Waals surface area contributed by atoms with Gasteiger partial charge >= 0.3 is 0 Å². The zero-order valence-electron chi connectivity index (χ0n) is 7.91. The fraction of sp³-hybridized carbons (Fsp3) is 0.455. The van der Waals surface area contributed by atoms with Gasteiger partial charge in [0, 0.05) is 0 Å². The summed E-state index contributed by atoms with van der Waals surface area (Å²) in [5.74, 6) is -0.444. The number of rotatable bonds is 1. The molecule has 2 heteroatoms. The van der Waals surface area contributed by atoms with Crippen molar-refractivity contribution < 1.29 is 9.47 Å². The lowest BCUT2D eigenvalue weighted by Crippen LogP contribution is -2.19. The molecule has 1 saturated heterocycles. The summed E-state index contributed by atoms with van der Waals surface area (Å²) in [6.07, 6.45) is 0.0625. The van der Waals surface area contributed by atoms with E-state index in [1.54, 1.807) is 0 Å². The molecule has 69 valence electrons. The highest BCUT2D eigenvalue weighted by Crippen LogP contribution is 2.32. The van der Waals surface area contributed by atoms with E-state index in [-0.39, 0.29) is 6.10 Å². The summed E-state index contributed by atoms with van der Waals surface area (Å²) in [6.45, 7) is 4.49. The smallest absolute Gasteiger partial charge is 0.163 e. The van der Waals surface area contributed by atoms with Crippen LogP contribution in [0.25, 0.3) is 0 Å². The highest BCUT2D eigenvalue weighted by Gasteiger charge is 2.33. The standard InChI is InChI=1S/C11H13O2/c1-11(2)12-8-10(13-11)9-6-4-3-5-7-9/h3-4,6-7,10H,8H2,1-2H3. The van der Waals surface area contributed by atoms with E-state index >= 15 is 0 Å². The summed E-state index contributed by atoms with van der Waals surface area (Å²) in [4.78, 5) is 0. The Morgan fingerprint density at radius 3 is 2.92 bits per heavy atom. The first-order valence-electron chi connectivity index (χ1n) is 4.45. The Morgan fingerprint density at radius 1 is 1.54 bits per heavy atom. The van der Waals surface area contributed by atoms with Crippen molar-refractivity contribution in [3.63, 3.8) is 0 Å². The van der Waals surface area contributed by atoms with E-state index in [2.05, 4.69) is 6.07 Å². The summed E-state index contributed by atoms with van der Waals surface area (Å²) in [5.41, 5.74) is 1.13. The zero-order valence-corrected chi connectivity index (χ0v) is 7.91. The summed E-state index contributed by atoms with van der Waals surface area (Å²) in [7, 11) is 0. The first-order chi connectivity index (χ1) is 6.17. The van der Waals surface area contributed by atoms with Gasteiger partial charge in [0.2, 0.25) is 0 Å². The van der Waals surface area contributed by atoms with Gasteiger partial charge in [-0.3, -0.25) is 0 Å². The van der Waals surface area contributed by atoms with Gasteiger partial charge in [-0.1, -0.05) is 18.2 Å². The van der Waals surface area contributed by atoms with Crippen LogP contribution in [-0.4, -0.2) is 12.4 Å². The predicted molar refractivity (Wildman–Crippen MR) is 49.1 cm³/mol. The Morgan fingerprint density at radius 2 is 2.38 bits per heavy atom. The minimum absolute atomic E-state index is 0.0625. The van der Waals surface area contributed by atoms with Crippen LogP contribution < -0.4 is 0 Å². The van der Waals surface area contributed by atoms with Crippen LogP contribution in [0.4, 0.5) is 0 Å². The summed E-state index contributed by atoms with van der Waals surface area (Å²) in [6, 6.07) is 10.8. The molecule has 1 aliphatic heterocycles. The molecule has 1 fully saturated rings. The van der Waals surface area contributed by atoms with Crippen molar-refractivity contribution >= 4 is 0 Å². The van der Waals surface area contributed by atoms with Crippen molar-refractivity contribution in [3.05, 3.63) is 35.9 Å². The summed E-state index contributed by atoms with van der Waals surface area (Å²) >= 11 is 0. The molecule has 0 bridgehead atoms. The molecule has 2 nitrogen and oxygen atoms in total. The fourth-order valence-electron chi connectivity index (χ4n) is 1.46. The SMILES string of the molecule is CC1(C)OCC(c2c[c]ccc2)O1. The zero-order chi connectivity index (χ0) is 9.31. The van der Waals surface area contributed by atoms with Crippen molar-refractivity contribution in [2.24, 2.45) is 0 Å². The molecule has 1 atom stereocenters. The average molecular weight is 177 g/mol. The molecule has 13 heavy (non-hydrogen) atoms. The molecule has 0 N–H and O–H groups in total. The molecule has 1 radical (unpaired) electrons. The highest BCUT2D eigenvalue weighted by molar-refractivity contribution is 5.17. The first kappa shape index (κ1) is 8.73. The molecule has 0 aromatic heterocycles. The van der Waals surface area contributed by atoms with Crippen LogP contribution in [0.3, 0.4) is 0 Å². The Kier molecular flexibility index (Phi) is 2.10. The van der Waals surface area contributed by atoms with Gasteiger partial charge in [-0.05, 0) is 31.5 Å². The molecule has 1 aliphatic rings. The van der Waals surface area contributed by atoms with Crippen molar-refractivity contribution in [2.45, 2.75) is 25.7 Å².